The van der Waals surface area contributed by atoms with Crippen molar-refractivity contribution in [2.45, 2.75) is 33.2 Å². The van der Waals surface area contributed by atoms with E-state index in [1.54, 1.807) is 6.07 Å². The van der Waals surface area contributed by atoms with Crippen LogP contribution in [0.4, 0.5) is 11.4 Å². The van der Waals surface area contributed by atoms with Gasteiger partial charge in [-0.05, 0) is 25.3 Å². The van der Waals surface area contributed by atoms with E-state index < -0.39 is 4.92 Å². The average molecular weight is 257 g/mol. The topological polar surface area (TPSA) is 55.2 Å². The van der Waals surface area contributed by atoms with Crippen molar-refractivity contribution in [3.8, 4) is 0 Å². The van der Waals surface area contributed by atoms with Crippen LogP contribution in [0.3, 0.4) is 0 Å². The van der Waals surface area contributed by atoms with Gasteiger partial charge in [0.05, 0.1) is 15.6 Å². The van der Waals surface area contributed by atoms with Gasteiger partial charge in [-0.3, -0.25) is 10.1 Å². The predicted octanol–water partition coefficient (Wildman–Crippen LogP) is 4.09. The Bertz CT molecular complexity index is 407. The lowest BCUT2D eigenvalue weighted by molar-refractivity contribution is -0.384. The standard InChI is InChI=1S/C12H17ClN2O2/c1-8(2)6-9(3)14-12-7-10(15(16)17)4-5-11(12)13/h4-5,7-9,14H,6H2,1-3H3. The molecule has 0 aliphatic heterocycles. The van der Waals surface area contributed by atoms with Crippen LogP contribution in [-0.2, 0) is 0 Å². The summed E-state index contributed by atoms with van der Waals surface area (Å²) in [4.78, 5) is 10.2. The Morgan fingerprint density at radius 2 is 2.06 bits per heavy atom. The molecule has 5 heteroatoms. The summed E-state index contributed by atoms with van der Waals surface area (Å²) in [5, 5.41) is 14.4. The van der Waals surface area contributed by atoms with E-state index in [2.05, 4.69) is 19.2 Å². The van der Waals surface area contributed by atoms with E-state index in [1.165, 1.54) is 12.1 Å². The molecule has 1 atom stereocenters. The summed E-state index contributed by atoms with van der Waals surface area (Å²) in [6.45, 7) is 6.30. The fourth-order valence-corrected chi connectivity index (χ4v) is 1.94. The summed E-state index contributed by atoms with van der Waals surface area (Å²) in [6.07, 6.45) is 0.985. The number of nitrogens with zero attached hydrogens (tertiary/aromatic N) is 1. The molecule has 1 aromatic carbocycles. The zero-order valence-electron chi connectivity index (χ0n) is 10.2. The molecule has 17 heavy (non-hydrogen) atoms. The minimum atomic E-state index is -0.422. The maximum absolute atomic E-state index is 10.7. The molecule has 0 spiro atoms. The van der Waals surface area contributed by atoms with Gasteiger partial charge in [-0.25, -0.2) is 0 Å². The lowest BCUT2D eigenvalue weighted by atomic mass is 10.1. The van der Waals surface area contributed by atoms with Crippen molar-refractivity contribution in [1.29, 1.82) is 0 Å². The summed E-state index contributed by atoms with van der Waals surface area (Å²) in [6, 6.07) is 4.65. The van der Waals surface area contributed by atoms with Crippen LogP contribution in [-0.4, -0.2) is 11.0 Å². The number of nitro benzene ring substituents is 1. The van der Waals surface area contributed by atoms with Gasteiger partial charge < -0.3 is 5.32 Å². The summed E-state index contributed by atoms with van der Waals surface area (Å²) in [5.41, 5.74) is 0.669. The van der Waals surface area contributed by atoms with E-state index in [9.17, 15) is 10.1 Å². The van der Waals surface area contributed by atoms with Crippen LogP contribution >= 0.6 is 11.6 Å². The van der Waals surface area contributed by atoms with Gasteiger partial charge in [-0.1, -0.05) is 25.4 Å². The Morgan fingerprint density at radius 1 is 1.41 bits per heavy atom. The number of hydrogen-bond donors (Lipinski definition) is 1. The van der Waals surface area contributed by atoms with Crippen LogP contribution in [0.2, 0.25) is 5.02 Å². The normalized spacial score (nSPS) is 12.5. The molecule has 0 amide bonds. The number of hydrogen-bond acceptors (Lipinski definition) is 3. The number of benzene rings is 1. The predicted molar refractivity (Wildman–Crippen MR) is 70.6 cm³/mol. The molecule has 1 unspecified atom stereocenters. The molecule has 1 rings (SSSR count). The number of halogens is 1. The van der Waals surface area contributed by atoms with Crippen LogP contribution in [0.5, 0.6) is 0 Å². The van der Waals surface area contributed by atoms with Crippen molar-refractivity contribution in [1.82, 2.24) is 0 Å². The van der Waals surface area contributed by atoms with Gasteiger partial charge in [0.2, 0.25) is 0 Å². The van der Waals surface area contributed by atoms with E-state index in [0.29, 0.717) is 16.6 Å². The first-order valence-electron chi connectivity index (χ1n) is 5.60. The largest absolute Gasteiger partial charge is 0.381 e. The molecular weight excluding hydrogens is 240 g/mol. The molecule has 1 aromatic rings. The van der Waals surface area contributed by atoms with E-state index >= 15 is 0 Å². The highest BCUT2D eigenvalue weighted by Crippen LogP contribution is 2.27. The first-order valence-corrected chi connectivity index (χ1v) is 5.98. The molecule has 0 radical (unpaired) electrons. The maximum atomic E-state index is 10.7. The molecule has 0 aliphatic rings. The molecule has 0 bridgehead atoms. The van der Waals surface area contributed by atoms with E-state index in [0.717, 1.165) is 6.42 Å². The van der Waals surface area contributed by atoms with Crippen molar-refractivity contribution >= 4 is 23.0 Å². The third-order valence-electron chi connectivity index (χ3n) is 2.39. The molecule has 0 saturated carbocycles. The third kappa shape index (κ3) is 4.23. The smallest absolute Gasteiger partial charge is 0.271 e. The van der Waals surface area contributed by atoms with Crippen LogP contribution in [0.1, 0.15) is 27.2 Å². The second-order valence-electron chi connectivity index (χ2n) is 4.60. The second kappa shape index (κ2) is 5.87. The van der Waals surface area contributed by atoms with Gasteiger partial charge in [0.25, 0.3) is 5.69 Å². The molecule has 0 fully saturated rings. The Balaban J connectivity index is 2.82. The highest BCUT2D eigenvalue weighted by atomic mass is 35.5. The molecule has 0 heterocycles. The van der Waals surface area contributed by atoms with Gasteiger partial charge >= 0.3 is 0 Å². The first-order chi connectivity index (χ1) is 7.90. The van der Waals surface area contributed by atoms with Crippen LogP contribution in [0, 0.1) is 16.0 Å². The lowest BCUT2D eigenvalue weighted by Gasteiger charge is -2.17. The number of nitro groups is 1. The fourth-order valence-electron chi connectivity index (χ4n) is 1.77. The summed E-state index contributed by atoms with van der Waals surface area (Å²) in [5.74, 6) is 0.565. The Hall–Kier alpha value is -1.29. The molecule has 94 valence electrons. The fraction of sp³-hybridized carbons (Fsp3) is 0.500. The van der Waals surface area contributed by atoms with Gasteiger partial charge in [-0.2, -0.15) is 0 Å². The van der Waals surface area contributed by atoms with Crippen molar-refractivity contribution in [3.63, 3.8) is 0 Å². The summed E-state index contributed by atoms with van der Waals surface area (Å²) in [7, 11) is 0. The third-order valence-corrected chi connectivity index (χ3v) is 2.72. The van der Waals surface area contributed by atoms with Crippen molar-refractivity contribution in [2.24, 2.45) is 5.92 Å². The molecule has 0 saturated heterocycles. The van der Waals surface area contributed by atoms with E-state index in [-0.39, 0.29) is 11.7 Å². The van der Waals surface area contributed by atoms with Crippen molar-refractivity contribution < 1.29 is 4.92 Å². The van der Waals surface area contributed by atoms with Gasteiger partial charge in [0.1, 0.15) is 0 Å². The molecule has 4 nitrogen and oxygen atoms in total. The molecule has 1 N–H and O–H groups in total. The first kappa shape index (κ1) is 13.8. The highest BCUT2D eigenvalue weighted by Gasteiger charge is 2.12. The van der Waals surface area contributed by atoms with Gasteiger partial charge in [0.15, 0.2) is 0 Å². The SMILES string of the molecule is CC(C)CC(C)Nc1cc([N+](=O)[O-])ccc1Cl. The van der Waals surface area contributed by atoms with Gasteiger partial charge in [-0.15, -0.1) is 0 Å². The monoisotopic (exact) mass is 256 g/mol. The number of rotatable bonds is 5. The maximum Gasteiger partial charge on any atom is 0.271 e. The van der Waals surface area contributed by atoms with Crippen LogP contribution < -0.4 is 5.32 Å². The molecule has 0 aromatic heterocycles. The summed E-state index contributed by atoms with van der Waals surface area (Å²) < 4.78 is 0. The minimum Gasteiger partial charge on any atom is -0.381 e. The Labute approximate surface area is 106 Å². The second-order valence-corrected chi connectivity index (χ2v) is 5.00. The van der Waals surface area contributed by atoms with Gasteiger partial charge in [0, 0.05) is 18.2 Å². The highest BCUT2D eigenvalue weighted by molar-refractivity contribution is 6.33. The van der Waals surface area contributed by atoms with Crippen LogP contribution in [0.25, 0.3) is 0 Å². The zero-order valence-corrected chi connectivity index (χ0v) is 11.0. The number of nitrogens with one attached hydrogen (secondary N) is 1. The molecular formula is C12H17ClN2O2. The quantitative estimate of drug-likeness (QED) is 0.638. The lowest BCUT2D eigenvalue weighted by Crippen LogP contribution is -2.17. The Morgan fingerprint density at radius 3 is 2.59 bits per heavy atom. The van der Waals surface area contributed by atoms with E-state index in [4.69, 9.17) is 11.6 Å². The van der Waals surface area contributed by atoms with Crippen molar-refractivity contribution in [2.75, 3.05) is 5.32 Å². The summed E-state index contributed by atoms with van der Waals surface area (Å²) >= 11 is 6.00. The minimum absolute atomic E-state index is 0.0497. The Kier molecular flexibility index (Phi) is 4.75. The van der Waals surface area contributed by atoms with Crippen molar-refractivity contribution in [3.05, 3.63) is 33.3 Å². The zero-order chi connectivity index (χ0) is 13.0. The number of non-ortho nitro benzene ring substituents is 1. The van der Waals surface area contributed by atoms with E-state index in [1.807, 2.05) is 6.92 Å². The number of anilines is 1. The van der Waals surface area contributed by atoms with Crippen LogP contribution in [0.15, 0.2) is 18.2 Å². The molecule has 0 aliphatic carbocycles. The average Bonchev–Trinajstić information content (AvgIpc) is 2.19.